The highest BCUT2D eigenvalue weighted by Gasteiger charge is 2.32. The number of aliphatic hydroxyl groups is 1. The molecule has 1 saturated carbocycles. The molecule has 0 aromatic carbocycles. The first-order chi connectivity index (χ1) is 6.20. The summed E-state index contributed by atoms with van der Waals surface area (Å²) in [6.45, 7) is 2.20. The summed E-state index contributed by atoms with van der Waals surface area (Å²) in [5, 5.41) is 9.93. The Morgan fingerprint density at radius 2 is 2.08 bits per heavy atom. The second-order valence-electron chi connectivity index (χ2n) is 4.33. The lowest BCUT2D eigenvalue weighted by molar-refractivity contribution is -0.114. The van der Waals surface area contributed by atoms with Crippen LogP contribution in [0.5, 0.6) is 0 Å². The molecule has 0 radical (unpaired) electrons. The number of carbonyl (C=O) groups is 1. The fourth-order valence-corrected chi connectivity index (χ4v) is 2.27. The third-order valence-corrected chi connectivity index (χ3v) is 3.20. The molecule has 1 N–H and O–H groups in total. The van der Waals surface area contributed by atoms with Gasteiger partial charge >= 0.3 is 0 Å². The Labute approximate surface area is 80.3 Å². The molecule has 0 heterocycles. The van der Waals surface area contributed by atoms with E-state index in [-0.39, 0.29) is 0 Å². The minimum Gasteiger partial charge on any atom is -0.389 e. The summed E-state index contributed by atoms with van der Waals surface area (Å²) < 4.78 is 0. The molecule has 0 saturated heterocycles. The van der Waals surface area contributed by atoms with Gasteiger partial charge in [0.1, 0.15) is 6.29 Å². The summed E-state index contributed by atoms with van der Waals surface area (Å²) in [5.41, 5.74) is -0.661. The number of aldehydes is 1. The van der Waals surface area contributed by atoms with Crippen molar-refractivity contribution in [2.75, 3.05) is 0 Å². The van der Waals surface area contributed by atoms with E-state index in [1.807, 2.05) is 0 Å². The molecule has 0 aromatic rings. The van der Waals surface area contributed by atoms with Crippen molar-refractivity contribution in [2.24, 2.45) is 5.92 Å². The maximum atomic E-state index is 10.3. The number of hydrogen-bond donors (Lipinski definition) is 1. The van der Waals surface area contributed by atoms with Crippen LogP contribution < -0.4 is 0 Å². The van der Waals surface area contributed by atoms with Crippen LogP contribution >= 0.6 is 0 Å². The van der Waals surface area contributed by atoms with E-state index in [2.05, 4.69) is 6.92 Å². The van der Waals surface area contributed by atoms with Gasteiger partial charge in [0.25, 0.3) is 0 Å². The van der Waals surface area contributed by atoms with Gasteiger partial charge in [-0.1, -0.05) is 19.8 Å². The van der Waals surface area contributed by atoms with Crippen molar-refractivity contribution < 1.29 is 9.90 Å². The van der Waals surface area contributed by atoms with Crippen LogP contribution in [0.4, 0.5) is 0 Å². The van der Waals surface area contributed by atoms with Crippen molar-refractivity contribution in [1.82, 2.24) is 0 Å². The third-order valence-electron chi connectivity index (χ3n) is 3.20. The van der Waals surface area contributed by atoms with Gasteiger partial charge < -0.3 is 9.90 Å². The first kappa shape index (κ1) is 10.7. The number of carbonyl (C=O) groups excluding carboxylic acids is 1. The Kier molecular flexibility index (Phi) is 3.91. The van der Waals surface area contributed by atoms with E-state index in [0.29, 0.717) is 6.42 Å². The second kappa shape index (κ2) is 4.75. The summed E-state index contributed by atoms with van der Waals surface area (Å²) in [7, 11) is 0. The molecule has 0 aliphatic heterocycles. The van der Waals surface area contributed by atoms with Crippen molar-refractivity contribution in [3.8, 4) is 0 Å². The normalized spacial score (nSPS) is 34.5. The maximum absolute atomic E-state index is 10.3. The Bertz CT molecular complexity index is 157. The van der Waals surface area contributed by atoms with E-state index in [1.54, 1.807) is 0 Å². The number of rotatable bonds is 4. The van der Waals surface area contributed by atoms with Crippen molar-refractivity contribution in [3.63, 3.8) is 0 Å². The minimum atomic E-state index is -0.661. The van der Waals surface area contributed by atoms with Crippen molar-refractivity contribution >= 4 is 6.29 Å². The molecule has 0 aromatic heterocycles. The highest BCUT2D eigenvalue weighted by Crippen LogP contribution is 2.35. The SMILES string of the molecule is CCCC1CCC(O)(CC=O)CC1. The molecule has 0 atom stereocenters. The van der Waals surface area contributed by atoms with E-state index in [1.165, 1.54) is 12.8 Å². The molecule has 2 nitrogen and oxygen atoms in total. The van der Waals surface area contributed by atoms with Crippen LogP contribution in [0.15, 0.2) is 0 Å². The Hall–Kier alpha value is -0.370. The van der Waals surface area contributed by atoms with Gasteiger partial charge in [-0.05, 0) is 31.6 Å². The lowest BCUT2D eigenvalue weighted by Crippen LogP contribution is -2.34. The van der Waals surface area contributed by atoms with E-state index in [4.69, 9.17) is 0 Å². The quantitative estimate of drug-likeness (QED) is 0.681. The van der Waals surface area contributed by atoms with Gasteiger partial charge in [-0.2, -0.15) is 0 Å². The van der Waals surface area contributed by atoms with Crippen LogP contribution in [-0.2, 0) is 4.79 Å². The van der Waals surface area contributed by atoms with Gasteiger partial charge in [0.2, 0.25) is 0 Å². The maximum Gasteiger partial charge on any atom is 0.122 e. The molecule has 13 heavy (non-hydrogen) atoms. The van der Waals surface area contributed by atoms with Gasteiger partial charge in [-0.25, -0.2) is 0 Å². The van der Waals surface area contributed by atoms with Crippen LogP contribution in [-0.4, -0.2) is 17.0 Å². The molecule has 0 unspecified atom stereocenters. The third kappa shape index (κ3) is 3.11. The van der Waals surface area contributed by atoms with Crippen molar-refractivity contribution in [3.05, 3.63) is 0 Å². The minimum absolute atomic E-state index is 0.325. The molecular formula is C11H20O2. The standard InChI is InChI=1S/C11H20O2/c1-2-3-10-4-6-11(13,7-5-10)8-9-12/h9-10,13H,2-8H2,1H3. The molecule has 0 spiro atoms. The molecule has 1 fully saturated rings. The monoisotopic (exact) mass is 184 g/mol. The summed E-state index contributed by atoms with van der Waals surface area (Å²) in [6.07, 6.45) is 7.50. The zero-order chi connectivity index (χ0) is 9.73. The molecule has 0 amide bonds. The van der Waals surface area contributed by atoms with Gasteiger partial charge in [-0.3, -0.25) is 0 Å². The highest BCUT2D eigenvalue weighted by atomic mass is 16.3. The Morgan fingerprint density at radius 3 is 2.54 bits per heavy atom. The average molecular weight is 184 g/mol. The highest BCUT2D eigenvalue weighted by molar-refractivity contribution is 5.51. The Morgan fingerprint density at radius 1 is 1.46 bits per heavy atom. The van der Waals surface area contributed by atoms with E-state index in [9.17, 15) is 9.90 Å². The fourth-order valence-electron chi connectivity index (χ4n) is 2.27. The van der Waals surface area contributed by atoms with Crippen LogP contribution in [0.2, 0.25) is 0 Å². The molecule has 1 rings (SSSR count). The van der Waals surface area contributed by atoms with E-state index in [0.717, 1.165) is 37.9 Å². The van der Waals surface area contributed by atoms with Crippen LogP contribution in [0.1, 0.15) is 51.9 Å². The first-order valence-electron chi connectivity index (χ1n) is 5.36. The first-order valence-corrected chi connectivity index (χ1v) is 5.36. The molecule has 0 bridgehead atoms. The molecule has 1 aliphatic rings. The van der Waals surface area contributed by atoms with E-state index >= 15 is 0 Å². The zero-order valence-electron chi connectivity index (χ0n) is 8.46. The molecule has 1 aliphatic carbocycles. The van der Waals surface area contributed by atoms with Gasteiger partial charge in [0.05, 0.1) is 5.60 Å². The zero-order valence-corrected chi connectivity index (χ0v) is 8.46. The van der Waals surface area contributed by atoms with E-state index < -0.39 is 5.60 Å². The fraction of sp³-hybridized carbons (Fsp3) is 0.909. The lowest BCUT2D eigenvalue weighted by atomic mass is 9.76. The van der Waals surface area contributed by atoms with Gasteiger partial charge in [0, 0.05) is 6.42 Å². The molecule has 76 valence electrons. The molecule has 2 heteroatoms. The topological polar surface area (TPSA) is 37.3 Å². The number of hydrogen-bond acceptors (Lipinski definition) is 2. The lowest BCUT2D eigenvalue weighted by Gasteiger charge is -2.34. The summed E-state index contributed by atoms with van der Waals surface area (Å²) in [6, 6.07) is 0. The largest absolute Gasteiger partial charge is 0.389 e. The smallest absolute Gasteiger partial charge is 0.122 e. The average Bonchev–Trinajstić information content (AvgIpc) is 2.10. The predicted octanol–water partition coefficient (Wildman–Crippen LogP) is 2.30. The van der Waals surface area contributed by atoms with Crippen LogP contribution in [0, 0.1) is 5.92 Å². The summed E-state index contributed by atoms with van der Waals surface area (Å²) in [5.74, 6) is 0.789. The van der Waals surface area contributed by atoms with Crippen LogP contribution in [0.25, 0.3) is 0 Å². The Balaban J connectivity index is 2.32. The van der Waals surface area contributed by atoms with Gasteiger partial charge in [-0.15, -0.1) is 0 Å². The van der Waals surface area contributed by atoms with Crippen molar-refractivity contribution in [2.45, 2.75) is 57.5 Å². The van der Waals surface area contributed by atoms with Crippen molar-refractivity contribution in [1.29, 1.82) is 0 Å². The summed E-state index contributed by atoms with van der Waals surface area (Å²) >= 11 is 0. The second-order valence-corrected chi connectivity index (χ2v) is 4.33. The predicted molar refractivity (Wildman–Crippen MR) is 52.5 cm³/mol. The van der Waals surface area contributed by atoms with Crippen LogP contribution in [0.3, 0.4) is 0 Å². The van der Waals surface area contributed by atoms with Gasteiger partial charge in [0.15, 0.2) is 0 Å². The summed E-state index contributed by atoms with van der Waals surface area (Å²) in [4.78, 5) is 10.3. The molecular weight excluding hydrogens is 164 g/mol.